The maximum Gasteiger partial charge on any atom is 0.315 e. The summed E-state index contributed by atoms with van der Waals surface area (Å²) in [6.07, 6.45) is 8.51. The second-order valence-corrected chi connectivity index (χ2v) is 11.6. The second kappa shape index (κ2) is 9.94. The average Bonchev–Trinajstić information content (AvgIpc) is 3.33. The van der Waals surface area contributed by atoms with Crippen LogP contribution in [0.3, 0.4) is 0 Å². The number of hydrogen-bond acceptors (Lipinski definition) is 7. The van der Waals surface area contributed by atoms with E-state index in [4.69, 9.17) is 9.51 Å². The number of fused-ring (bicyclic) bond motifs is 2. The molecule has 1 atom stereocenters. The van der Waals surface area contributed by atoms with E-state index in [0.29, 0.717) is 11.5 Å². The maximum atomic E-state index is 13.0. The summed E-state index contributed by atoms with van der Waals surface area (Å²) in [6.45, 7) is 8.39. The summed E-state index contributed by atoms with van der Waals surface area (Å²) in [4.78, 5) is 30.2. The van der Waals surface area contributed by atoms with Gasteiger partial charge in [-0.1, -0.05) is 37.7 Å². The van der Waals surface area contributed by atoms with Crippen LogP contribution in [-0.2, 0) is 11.8 Å². The number of rotatable bonds is 6. The molecule has 7 rings (SSSR count). The molecule has 5 aromatic rings. The Kier molecular flexibility index (Phi) is 6.51. The highest BCUT2D eigenvalue weighted by molar-refractivity contribution is 5.92. The van der Waals surface area contributed by atoms with Gasteiger partial charge >= 0.3 is 11.8 Å². The van der Waals surface area contributed by atoms with Gasteiger partial charge in [-0.05, 0) is 75.6 Å². The molecule has 1 fully saturated rings. The van der Waals surface area contributed by atoms with Crippen LogP contribution in [0.25, 0.3) is 33.7 Å². The molecule has 1 saturated carbocycles. The first-order chi connectivity index (χ1) is 19.3. The highest BCUT2D eigenvalue weighted by Gasteiger charge is 2.44. The van der Waals surface area contributed by atoms with Crippen LogP contribution in [0.15, 0.2) is 41.2 Å². The van der Waals surface area contributed by atoms with Crippen LogP contribution in [0, 0.1) is 6.92 Å². The molecule has 0 aliphatic heterocycles. The van der Waals surface area contributed by atoms with Crippen molar-refractivity contribution in [3.8, 4) is 22.5 Å². The normalized spacial score (nSPS) is 17.3. The molecule has 1 amide bonds. The van der Waals surface area contributed by atoms with Crippen molar-refractivity contribution in [2.75, 3.05) is 0 Å². The summed E-state index contributed by atoms with van der Waals surface area (Å²) < 4.78 is 7.30. The quantitative estimate of drug-likeness (QED) is 0.255. The molecule has 0 saturated heterocycles. The number of nitrogens with one attached hydrogen (secondary N) is 2. The fourth-order valence-electron chi connectivity index (χ4n) is 5.78. The number of aromatic amines is 1. The maximum absolute atomic E-state index is 13.0. The van der Waals surface area contributed by atoms with Gasteiger partial charge in [-0.3, -0.25) is 9.48 Å². The Morgan fingerprint density at radius 3 is 2.78 bits per heavy atom. The molecule has 2 N–H and O–H groups in total. The van der Waals surface area contributed by atoms with Gasteiger partial charge in [0.05, 0.1) is 23.3 Å². The van der Waals surface area contributed by atoms with E-state index in [1.807, 2.05) is 16.9 Å². The number of aromatic nitrogens is 7. The van der Waals surface area contributed by atoms with E-state index < -0.39 is 0 Å². The molecule has 10 heteroatoms. The molecule has 0 unspecified atom stereocenters. The number of imidazole rings is 1. The molecule has 0 bridgehead atoms. The zero-order valence-corrected chi connectivity index (χ0v) is 23.2. The van der Waals surface area contributed by atoms with Crippen molar-refractivity contribution in [3.63, 3.8) is 0 Å². The first kappa shape index (κ1) is 26.9. The molecule has 41 heavy (non-hydrogen) atoms. The highest BCUT2D eigenvalue weighted by atomic mass is 16.5. The van der Waals surface area contributed by atoms with E-state index in [9.17, 15) is 4.79 Å². The van der Waals surface area contributed by atoms with E-state index in [1.54, 1.807) is 6.20 Å². The summed E-state index contributed by atoms with van der Waals surface area (Å²) in [5.74, 6) is 1.11. The lowest BCUT2D eigenvalue weighted by molar-refractivity contribution is 0.0888. The van der Waals surface area contributed by atoms with E-state index in [0.717, 1.165) is 71.4 Å². The first-order valence-corrected chi connectivity index (χ1v) is 14.0. The van der Waals surface area contributed by atoms with Gasteiger partial charge in [0.25, 0.3) is 0 Å². The summed E-state index contributed by atoms with van der Waals surface area (Å²) >= 11 is 0. The van der Waals surface area contributed by atoms with Gasteiger partial charge in [0.1, 0.15) is 5.82 Å². The Hall–Kier alpha value is -4.34. The zero-order chi connectivity index (χ0) is 27.6. The van der Waals surface area contributed by atoms with E-state index >= 15 is 0 Å². The van der Waals surface area contributed by atoms with Gasteiger partial charge in [-0.15, -0.1) is 0 Å². The smallest absolute Gasteiger partial charge is 0.315 e. The van der Waals surface area contributed by atoms with Crippen LogP contribution < -0.4 is 5.32 Å². The summed E-state index contributed by atoms with van der Waals surface area (Å²) in [5.41, 5.74) is 8.04. The number of hydrogen-bond donors (Lipinski definition) is 2. The molecule has 4 heterocycles. The largest absolute Gasteiger partial charge is 0.341 e. The number of benzene rings is 1. The van der Waals surface area contributed by atoms with E-state index in [2.05, 4.69) is 76.4 Å². The summed E-state index contributed by atoms with van der Waals surface area (Å²) in [5, 5.41) is 11.7. The topological polar surface area (TPSA) is 127 Å². The molecule has 2 aliphatic carbocycles. The molecule has 0 spiro atoms. The molecular weight excluding hydrogens is 516 g/mol. The van der Waals surface area contributed by atoms with Crippen molar-refractivity contribution in [1.29, 1.82) is 0 Å². The van der Waals surface area contributed by atoms with Crippen molar-refractivity contribution in [3.05, 3.63) is 65.2 Å². The van der Waals surface area contributed by atoms with Crippen LogP contribution in [0.4, 0.5) is 0 Å². The van der Waals surface area contributed by atoms with Gasteiger partial charge in [-0.25, -0.2) is 9.97 Å². The third-order valence-corrected chi connectivity index (χ3v) is 8.41. The number of H-pyrrole nitrogens is 1. The van der Waals surface area contributed by atoms with E-state index in [-0.39, 0.29) is 36.7 Å². The fraction of sp³-hybridized carbons (Fsp3) is 0.419. The van der Waals surface area contributed by atoms with Crippen LogP contribution in [0.1, 0.15) is 99.3 Å². The van der Waals surface area contributed by atoms with Gasteiger partial charge in [0.2, 0.25) is 0 Å². The van der Waals surface area contributed by atoms with Crippen molar-refractivity contribution >= 4 is 17.1 Å². The fourth-order valence-corrected chi connectivity index (χ4v) is 5.78. The Labute approximate surface area is 239 Å². The minimum absolute atomic E-state index is 0. The minimum atomic E-state index is -0.318. The molecular formula is C31H36N8O2. The third kappa shape index (κ3) is 4.61. The zero-order valence-electron chi connectivity index (χ0n) is 23.2. The predicted octanol–water partition coefficient (Wildman–Crippen LogP) is 6.26. The number of aryl methyl sites for hydroxylation is 1. The standard InChI is InChI=1S/C30H32N8O2.CH4/c1-16(2)38-17(3)22(15-32-38)25-34-24-21(10-13-31-26(24)35-25)19-8-9-20-18(14-19)6-5-7-23(20)33-27(39)28-36-29(37-40-28)30(4)11-12-30;/h8-10,13-16,23H,5-7,11-12H2,1-4H3,(H,33,39)(H,31,34,35);1H4/t23-;/m0./s1. The molecule has 2 aliphatic rings. The van der Waals surface area contributed by atoms with Crippen molar-refractivity contribution < 1.29 is 9.32 Å². The van der Waals surface area contributed by atoms with Gasteiger partial charge in [0, 0.05) is 28.9 Å². The first-order valence-electron chi connectivity index (χ1n) is 14.0. The number of carbonyl (C=O) groups is 1. The summed E-state index contributed by atoms with van der Waals surface area (Å²) in [6, 6.07) is 8.65. The number of carbonyl (C=O) groups excluding carboxylic acids is 1. The monoisotopic (exact) mass is 552 g/mol. The van der Waals surface area contributed by atoms with Crippen LogP contribution >= 0.6 is 0 Å². The molecule has 4 aromatic heterocycles. The Morgan fingerprint density at radius 2 is 2.02 bits per heavy atom. The Bertz CT molecular complexity index is 1760. The van der Waals surface area contributed by atoms with Gasteiger partial charge < -0.3 is 14.8 Å². The Balaban J connectivity index is 0.00000302. The van der Waals surface area contributed by atoms with Crippen LogP contribution in [0.5, 0.6) is 0 Å². The molecule has 1 aromatic carbocycles. The molecule has 0 radical (unpaired) electrons. The van der Waals surface area contributed by atoms with Crippen molar-refractivity contribution in [2.45, 2.75) is 84.7 Å². The number of amides is 1. The number of pyridine rings is 1. The van der Waals surface area contributed by atoms with Crippen LogP contribution in [0.2, 0.25) is 0 Å². The predicted molar refractivity (Wildman–Crippen MR) is 156 cm³/mol. The van der Waals surface area contributed by atoms with Crippen molar-refractivity contribution in [2.24, 2.45) is 0 Å². The lowest BCUT2D eigenvalue weighted by atomic mass is 9.85. The molecule has 212 valence electrons. The lowest BCUT2D eigenvalue weighted by Crippen LogP contribution is -2.31. The number of nitrogens with zero attached hydrogens (tertiary/aromatic N) is 6. The Morgan fingerprint density at radius 1 is 1.20 bits per heavy atom. The SMILES string of the molecule is C.Cc1c(-c2nc3nccc(-c4ccc5c(c4)CCC[C@@H]5NC(=O)c4nc(C5(C)CC5)no4)c3[nH]2)cnn1C(C)C. The average molecular weight is 553 g/mol. The van der Waals surface area contributed by atoms with E-state index in [1.165, 1.54) is 5.56 Å². The van der Waals surface area contributed by atoms with Crippen molar-refractivity contribution in [1.82, 2.24) is 40.2 Å². The third-order valence-electron chi connectivity index (χ3n) is 8.41. The molecule has 10 nitrogen and oxygen atoms in total. The van der Waals surface area contributed by atoms with Gasteiger partial charge in [0.15, 0.2) is 11.5 Å². The van der Waals surface area contributed by atoms with Gasteiger partial charge in [-0.2, -0.15) is 10.1 Å². The minimum Gasteiger partial charge on any atom is -0.341 e. The highest BCUT2D eigenvalue weighted by Crippen LogP contribution is 2.46. The summed E-state index contributed by atoms with van der Waals surface area (Å²) in [7, 11) is 0. The lowest BCUT2D eigenvalue weighted by Gasteiger charge is -2.26. The van der Waals surface area contributed by atoms with Crippen LogP contribution in [-0.4, -0.2) is 40.8 Å². The second-order valence-electron chi connectivity index (χ2n) is 11.6.